The summed E-state index contributed by atoms with van der Waals surface area (Å²) in [4.78, 5) is 13.6. The number of halogens is 3. The SMILES string of the molecule is Cn1cc(C(=O)N2CCC(F)(c3cc(F)cc(F)c3)C2)cn1. The van der Waals surface area contributed by atoms with Crippen LogP contribution in [0.4, 0.5) is 13.2 Å². The molecule has 2 aromatic rings. The van der Waals surface area contributed by atoms with Gasteiger partial charge in [-0.25, -0.2) is 13.2 Å². The van der Waals surface area contributed by atoms with Gasteiger partial charge in [-0.05, 0) is 17.7 Å². The van der Waals surface area contributed by atoms with Crippen LogP contribution in [-0.2, 0) is 12.7 Å². The Balaban J connectivity index is 1.82. The number of rotatable bonds is 2. The highest BCUT2D eigenvalue weighted by molar-refractivity contribution is 5.94. The van der Waals surface area contributed by atoms with Crippen LogP contribution in [0.3, 0.4) is 0 Å². The second-order valence-electron chi connectivity index (χ2n) is 5.50. The van der Waals surface area contributed by atoms with Crippen LogP contribution in [0.1, 0.15) is 22.3 Å². The lowest BCUT2D eigenvalue weighted by Gasteiger charge is -2.21. The van der Waals surface area contributed by atoms with Crippen LogP contribution < -0.4 is 0 Å². The van der Waals surface area contributed by atoms with Crippen molar-refractivity contribution in [2.24, 2.45) is 7.05 Å². The van der Waals surface area contributed by atoms with E-state index in [-0.39, 0.29) is 31.0 Å². The van der Waals surface area contributed by atoms with Gasteiger partial charge in [0.1, 0.15) is 11.6 Å². The van der Waals surface area contributed by atoms with E-state index in [1.165, 1.54) is 15.8 Å². The molecule has 1 aliphatic heterocycles. The van der Waals surface area contributed by atoms with E-state index >= 15 is 0 Å². The van der Waals surface area contributed by atoms with Gasteiger partial charge in [0, 0.05) is 32.3 Å². The van der Waals surface area contributed by atoms with Gasteiger partial charge in [0.25, 0.3) is 5.91 Å². The van der Waals surface area contributed by atoms with Crippen LogP contribution in [0.2, 0.25) is 0 Å². The van der Waals surface area contributed by atoms with Crippen molar-refractivity contribution in [1.82, 2.24) is 14.7 Å². The van der Waals surface area contributed by atoms with Gasteiger partial charge in [0.15, 0.2) is 5.67 Å². The smallest absolute Gasteiger partial charge is 0.257 e. The Labute approximate surface area is 125 Å². The van der Waals surface area contributed by atoms with Crippen LogP contribution >= 0.6 is 0 Å². The number of hydrogen-bond donors (Lipinski definition) is 0. The van der Waals surface area contributed by atoms with Gasteiger partial charge in [-0.2, -0.15) is 5.10 Å². The van der Waals surface area contributed by atoms with Crippen molar-refractivity contribution in [2.45, 2.75) is 12.1 Å². The molecule has 1 aromatic heterocycles. The number of aryl methyl sites for hydroxylation is 1. The fourth-order valence-corrected chi connectivity index (χ4v) is 2.71. The largest absolute Gasteiger partial charge is 0.335 e. The Morgan fingerprint density at radius 2 is 1.95 bits per heavy atom. The number of carbonyl (C=O) groups excluding carboxylic acids is 1. The molecule has 0 bridgehead atoms. The third kappa shape index (κ3) is 2.58. The average Bonchev–Trinajstić information content (AvgIpc) is 3.04. The highest BCUT2D eigenvalue weighted by Crippen LogP contribution is 2.37. The van der Waals surface area contributed by atoms with E-state index in [4.69, 9.17) is 0 Å². The number of hydrogen-bond acceptors (Lipinski definition) is 2. The highest BCUT2D eigenvalue weighted by Gasteiger charge is 2.42. The second kappa shape index (κ2) is 5.15. The third-order valence-electron chi connectivity index (χ3n) is 3.84. The van der Waals surface area contributed by atoms with Crippen molar-refractivity contribution in [1.29, 1.82) is 0 Å². The Hall–Kier alpha value is -2.31. The van der Waals surface area contributed by atoms with Crippen molar-refractivity contribution < 1.29 is 18.0 Å². The molecule has 1 aliphatic rings. The first-order valence-corrected chi connectivity index (χ1v) is 6.81. The van der Waals surface area contributed by atoms with Crippen molar-refractivity contribution in [3.8, 4) is 0 Å². The lowest BCUT2D eigenvalue weighted by molar-refractivity contribution is 0.0750. The molecule has 1 fully saturated rings. The third-order valence-corrected chi connectivity index (χ3v) is 3.84. The number of amides is 1. The highest BCUT2D eigenvalue weighted by atomic mass is 19.1. The number of benzene rings is 1. The van der Waals surface area contributed by atoms with Gasteiger partial charge >= 0.3 is 0 Å². The predicted octanol–water partition coefficient (Wildman–Crippen LogP) is 2.41. The summed E-state index contributed by atoms with van der Waals surface area (Å²) < 4.78 is 43.0. The maximum Gasteiger partial charge on any atom is 0.257 e. The lowest BCUT2D eigenvalue weighted by Crippen LogP contribution is -2.32. The first kappa shape index (κ1) is 14.6. The topological polar surface area (TPSA) is 38.1 Å². The van der Waals surface area contributed by atoms with Gasteiger partial charge < -0.3 is 4.90 Å². The molecule has 116 valence electrons. The predicted molar refractivity (Wildman–Crippen MR) is 72.9 cm³/mol. The zero-order chi connectivity index (χ0) is 15.9. The number of aromatic nitrogens is 2. The summed E-state index contributed by atoms with van der Waals surface area (Å²) in [6, 6.07) is 2.64. The maximum absolute atomic E-state index is 15.0. The summed E-state index contributed by atoms with van der Waals surface area (Å²) in [7, 11) is 1.68. The van der Waals surface area contributed by atoms with Crippen LogP contribution in [0, 0.1) is 11.6 Å². The van der Waals surface area contributed by atoms with Crippen LogP contribution in [0.5, 0.6) is 0 Å². The first-order chi connectivity index (χ1) is 10.4. The molecule has 0 aliphatic carbocycles. The Morgan fingerprint density at radius 3 is 2.55 bits per heavy atom. The van der Waals surface area contributed by atoms with Crippen molar-refractivity contribution in [2.75, 3.05) is 13.1 Å². The quantitative estimate of drug-likeness (QED) is 0.854. The molecule has 0 saturated carbocycles. The Bertz CT molecular complexity index is 710. The molecule has 0 spiro atoms. The van der Waals surface area contributed by atoms with Gasteiger partial charge in [-0.1, -0.05) is 0 Å². The van der Waals surface area contributed by atoms with E-state index < -0.39 is 17.3 Å². The molecule has 1 saturated heterocycles. The molecule has 2 heterocycles. The molecule has 7 heteroatoms. The molecule has 0 N–H and O–H groups in total. The zero-order valence-corrected chi connectivity index (χ0v) is 11.9. The Morgan fingerprint density at radius 1 is 1.27 bits per heavy atom. The molecular weight excluding hydrogens is 295 g/mol. The van der Waals surface area contributed by atoms with E-state index in [2.05, 4.69) is 5.10 Å². The van der Waals surface area contributed by atoms with Gasteiger partial charge in [-0.3, -0.25) is 9.48 Å². The van der Waals surface area contributed by atoms with Crippen LogP contribution in [0.25, 0.3) is 0 Å². The average molecular weight is 309 g/mol. The molecule has 0 radical (unpaired) electrons. The van der Waals surface area contributed by atoms with Crippen LogP contribution in [0.15, 0.2) is 30.6 Å². The van der Waals surface area contributed by atoms with Crippen molar-refractivity contribution in [3.63, 3.8) is 0 Å². The molecule has 1 unspecified atom stereocenters. The fraction of sp³-hybridized carbons (Fsp3) is 0.333. The van der Waals surface area contributed by atoms with E-state index in [0.717, 1.165) is 12.1 Å². The molecular formula is C15H14F3N3O. The van der Waals surface area contributed by atoms with Gasteiger partial charge in [0.05, 0.1) is 18.3 Å². The number of nitrogens with zero attached hydrogens (tertiary/aromatic N) is 3. The molecule has 4 nitrogen and oxygen atoms in total. The molecule has 1 aromatic carbocycles. The zero-order valence-electron chi connectivity index (χ0n) is 11.9. The summed E-state index contributed by atoms with van der Waals surface area (Å²) in [5.74, 6) is -2.00. The monoisotopic (exact) mass is 309 g/mol. The minimum absolute atomic E-state index is 0.00188. The van der Waals surface area contributed by atoms with E-state index in [0.29, 0.717) is 11.6 Å². The number of alkyl halides is 1. The summed E-state index contributed by atoms with van der Waals surface area (Å²) >= 11 is 0. The second-order valence-corrected chi connectivity index (χ2v) is 5.50. The normalized spacial score (nSPS) is 21.4. The standard InChI is InChI=1S/C15H14F3N3O/c1-20-8-10(7-19-20)14(22)21-3-2-15(18,9-21)11-4-12(16)6-13(17)5-11/h4-8H,2-3,9H2,1H3. The first-order valence-electron chi connectivity index (χ1n) is 6.81. The van der Waals surface area contributed by atoms with Crippen molar-refractivity contribution in [3.05, 3.63) is 53.4 Å². The molecule has 3 rings (SSSR count). The fourth-order valence-electron chi connectivity index (χ4n) is 2.71. The van der Waals surface area contributed by atoms with Gasteiger partial charge in [0.2, 0.25) is 0 Å². The van der Waals surface area contributed by atoms with Gasteiger partial charge in [-0.15, -0.1) is 0 Å². The maximum atomic E-state index is 15.0. The van der Waals surface area contributed by atoms with E-state index in [9.17, 15) is 18.0 Å². The van der Waals surface area contributed by atoms with E-state index in [1.54, 1.807) is 13.2 Å². The summed E-state index contributed by atoms with van der Waals surface area (Å²) in [6.45, 7) is -0.0496. The minimum atomic E-state index is -1.94. The minimum Gasteiger partial charge on any atom is -0.335 e. The molecule has 22 heavy (non-hydrogen) atoms. The van der Waals surface area contributed by atoms with Crippen LogP contribution in [-0.4, -0.2) is 33.7 Å². The van der Waals surface area contributed by atoms with E-state index in [1.807, 2.05) is 0 Å². The Kier molecular flexibility index (Phi) is 3.42. The molecule has 1 atom stereocenters. The summed E-state index contributed by atoms with van der Waals surface area (Å²) in [5.41, 5.74) is -1.66. The molecule has 1 amide bonds. The number of likely N-dealkylation sites (tertiary alicyclic amines) is 1. The summed E-state index contributed by atoms with van der Waals surface area (Å²) in [5, 5.41) is 3.90. The van der Waals surface area contributed by atoms with Crippen molar-refractivity contribution >= 4 is 5.91 Å². The number of carbonyl (C=O) groups is 1. The summed E-state index contributed by atoms with van der Waals surface area (Å²) in [6.07, 6.45) is 2.95. The lowest BCUT2D eigenvalue weighted by atomic mass is 9.95.